The average Bonchev–Trinajstić information content (AvgIpc) is 3.43. The molecule has 0 saturated heterocycles. The van der Waals surface area contributed by atoms with Gasteiger partial charge in [-0.05, 0) is 38.0 Å². The molecule has 2 amide bonds. The van der Waals surface area contributed by atoms with Crippen molar-refractivity contribution in [1.82, 2.24) is 19.8 Å². The van der Waals surface area contributed by atoms with Gasteiger partial charge in [-0.25, -0.2) is 4.98 Å². The minimum atomic E-state index is -0.402. The first-order valence-electron chi connectivity index (χ1n) is 13.1. The monoisotopic (exact) mass is 504 g/mol. The van der Waals surface area contributed by atoms with Crippen LogP contribution in [0.1, 0.15) is 61.1 Å². The Morgan fingerprint density at radius 2 is 2.08 bits per heavy atom. The molecule has 4 rings (SSSR count). The van der Waals surface area contributed by atoms with Gasteiger partial charge in [0.25, 0.3) is 5.91 Å². The minimum absolute atomic E-state index is 0.0704. The second-order valence-corrected chi connectivity index (χ2v) is 10.2. The highest BCUT2D eigenvalue weighted by atomic mass is 16.5. The molecule has 3 atom stereocenters. The molecule has 1 fully saturated rings. The van der Waals surface area contributed by atoms with E-state index in [0.717, 1.165) is 12.8 Å². The van der Waals surface area contributed by atoms with Crippen molar-refractivity contribution in [3.05, 3.63) is 53.5 Å². The number of hydrogen-bond acceptors (Lipinski definition) is 6. The highest BCUT2D eigenvalue weighted by Gasteiger charge is 2.34. The summed E-state index contributed by atoms with van der Waals surface area (Å²) < 4.78 is 6.31. The normalized spacial score (nSPS) is 20.6. The molecule has 0 unspecified atom stereocenters. The van der Waals surface area contributed by atoms with E-state index < -0.39 is 6.10 Å². The van der Waals surface area contributed by atoms with Gasteiger partial charge < -0.3 is 19.6 Å². The van der Waals surface area contributed by atoms with E-state index in [-0.39, 0.29) is 42.7 Å². The first-order chi connectivity index (χ1) is 17.9. The minimum Gasteiger partial charge on any atom is -0.472 e. The van der Waals surface area contributed by atoms with Gasteiger partial charge in [0, 0.05) is 49.1 Å². The first kappa shape index (κ1) is 26.6. The summed E-state index contributed by atoms with van der Waals surface area (Å²) in [4.78, 5) is 38.5. The molecule has 37 heavy (non-hydrogen) atoms. The maximum absolute atomic E-state index is 13.6. The number of fused-ring (bicyclic) bond motifs is 1. The van der Waals surface area contributed by atoms with Crippen LogP contribution in [0.4, 0.5) is 0 Å². The summed E-state index contributed by atoms with van der Waals surface area (Å²) in [6, 6.07) is 6.87. The van der Waals surface area contributed by atoms with Crippen molar-refractivity contribution in [2.45, 2.75) is 58.1 Å². The lowest BCUT2D eigenvalue weighted by Gasteiger charge is -2.37. The highest BCUT2D eigenvalue weighted by molar-refractivity contribution is 5.97. The Morgan fingerprint density at radius 3 is 2.78 bits per heavy atom. The molecule has 1 aliphatic carbocycles. The quantitative estimate of drug-likeness (QED) is 0.608. The number of aromatic nitrogens is 2. The number of nitrogens with zero attached hydrogens (tertiary/aromatic N) is 4. The predicted octanol–water partition coefficient (Wildman–Crippen LogP) is 2.94. The zero-order chi connectivity index (χ0) is 26.4. The summed E-state index contributed by atoms with van der Waals surface area (Å²) in [7, 11) is 1.75. The number of aliphatic hydroxyl groups excluding tert-OH is 1. The summed E-state index contributed by atoms with van der Waals surface area (Å²) in [5.74, 6) is 6.72. The Morgan fingerprint density at radius 1 is 1.30 bits per heavy atom. The third-order valence-electron chi connectivity index (χ3n) is 7.23. The van der Waals surface area contributed by atoms with E-state index in [9.17, 15) is 14.7 Å². The number of likely N-dealkylation sites (N-methyl/N-ethyl adjacent to an activating group) is 1. The van der Waals surface area contributed by atoms with Gasteiger partial charge in [0.15, 0.2) is 0 Å². The van der Waals surface area contributed by atoms with Crippen LogP contribution in [-0.4, -0.2) is 75.6 Å². The Bertz CT molecular complexity index is 1150. The van der Waals surface area contributed by atoms with Crippen LogP contribution in [0, 0.1) is 23.7 Å². The van der Waals surface area contributed by atoms with Gasteiger partial charge in [0.2, 0.25) is 11.8 Å². The fourth-order valence-electron chi connectivity index (χ4n) is 4.81. The molecule has 0 bridgehead atoms. The van der Waals surface area contributed by atoms with Gasteiger partial charge >= 0.3 is 0 Å². The van der Waals surface area contributed by atoms with Crippen LogP contribution >= 0.6 is 0 Å². The number of carbonyl (C=O) groups excluding carboxylic acids is 2. The van der Waals surface area contributed by atoms with Crippen LogP contribution in [0.3, 0.4) is 0 Å². The highest BCUT2D eigenvalue weighted by Crippen LogP contribution is 2.28. The third kappa shape index (κ3) is 6.66. The van der Waals surface area contributed by atoms with Gasteiger partial charge in [-0.2, -0.15) is 0 Å². The molecule has 0 radical (unpaired) electrons. The molecule has 1 aliphatic heterocycles. The van der Waals surface area contributed by atoms with Crippen LogP contribution in [-0.2, 0) is 11.2 Å². The lowest BCUT2D eigenvalue weighted by Crippen LogP contribution is -2.50. The third-order valence-corrected chi connectivity index (χ3v) is 7.23. The Kier molecular flexibility index (Phi) is 8.78. The van der Waals surface area contributed by atoms with Gasteiger partial charge in [-0.1, -0.05) is 37.7 Å². The molecule has 196 valence electrons. The summed E-state index contributed by atoms with van der Waals surface area (Å²) in [6.45, 7) is 4.36. The van der Waals surface area contributed by atoms with Crippen LogP contribution in [0.5, 0.6) is 5.88 Å². The van der Waals surface area contributed by atoms with E-state index in [2.05, 4.69) is 21.8 Å². The SMILES string of the molecule is C[C@@H]1CN([C@H](C)CO)C(=O)c2cc(C#CC3CCCC3)cnc2O[C@H]1CN(C)C(=O)Cc1ccccn1. The predicted molar refractivity (Wildman–Crippen MR) is 140 cm³/mol. The van der Waals surface area contributed by atoms with Gasteiger partial charge in [0.1, 0.15) is 11.7 Å². The zero-order valence-electron chi connectivity index (χ0n) is 21.9. The average molecular weight is 505 g/mol. The van der Waals surface area contributed by atoms with Gasteiger partial charge in [-0.15, -0.1) is 0 Å². The molecular weight excluding hydrogens is 468 g/mol. The molecule has 0 aromatic carbocycles. The molecule has 0 spiro atoms. The molecule has 1 saturated carbocycles. The summed E-state index contributed by atoms with van der Waals surface area (Å²) in [6.07, 6.45) is 7.76. The number of aliphatic hydroxyl groups is 1. The van der Waals surface area contributed by atoms with E-state index >= 15 is 0 Å². The van der Waals surface area contributed by atoms with Crippen molar-refractivity contribution >= 4 is 11.8 Å². The second kappa shape index (κ2) is 12.2. The lowest BCUT2D eigenvalue weighted by molar-refractivity contribution is -0.130. The fourth-order valence-corrected chi connectivity index (χ4v) is 4.81. The van der Waals surface area contributed by atoms with E-state index in [1.54, 1.807) is 35.3 Å². The fraction of sp³-hybridized carbons (Fsp3) is 0.517. The molecular formula is C29H36N4O4. The number of hydrogen-bond donors (Lipinski definition) is 1. The van der Waals surface area contributed by atoms with E-state index in [1.807, 2.05) is 32.0 Å². The van der Waals surface area contributed by atoms with Crippen LogP contribution in [0.2, 0.25) is 0 Å². The number of ether oxygens (including phenoxy) is 1. The summed E-state index contributed by atoms with van der Waals surface area (Å²) in [5, 5.41) is 9.86. The Labute approximate surface area is 219 Å². The topological polar surface area (TPSA) is 95.9 Å². The van der Waals surface area contributed by atoms with Crippen molar-refractivity contribution in [2.75, 3.05) is 26.7 Å². The molecule has 2 aromatic rings. The summed E-state index contributed by atoms with van der Waals surface area (Å²) in [5.41, 5.74) is 1.71. The molecule has 2 aromatic heterocycles. The van der Waals surface area contributed by atoms with Crippen molar-refractivity contribution in [3.8, 4) is 17.7 Å². The van der Waals surface area contributed by atoms with E-state index in [4.69, 9.17) is 4.74 Å². The van der Waals surface area contributed by atoms with Crippen molar-refractivity contribution in [2.24, 2.45) is 11.8 Å². The van der Waals surface area contributed by atoms with Crippen LogP contribution in [0.15, 0.2) is 36.7 Å². The number of pyridine rings is 2. The van der Waals surface area contributed by atoms with Crippen LogP contribution in [0.25, 0.3) is 0 Å². The standard InChI is InChI=1S/C29H36N4O4/c1-20-17-33(21(2)19-34)29(36)25-14-23(12-11-22-8-4-5-9-22)16-31-28(25)37-26(20)18-32(3)27(35)15-24-10-6-7-13-30-24/h6-7,10,13-14,16,20-22,26,34H,4-5,8-9,15,17-19H2,1-3H3/t20-,21-,26+/m1/s1. The molecule has 3 heterocycles. The summed E-state index contributed by atoms with van der Waals surface area (Å²) >= 11 is 0. The Balaban J connectivity index is 1.58. The van der Waals surface area contributed by atoms with Crippen molar-refractivity contribution in [3.63, 3.8) is 0 Å². The van der Waals surface area contributed by atoms with Crippen molar-refractivity contribution in [1.29, 1.82) is 0 Å². The molecule has 8 nitrogen and oxygen atoms in total. The zero-order valence-corrected chi connectivity index (χ0v) is 21.9. The van der Waals surface area contributed by atoms with Gasteiger partial charge in [0.05, 0.1) is 25.6 Å². The maximum atomic E-state index is 13.6. The second-order valence-electron chi connectivity index (χ2n) is 10.2. The first-order valence-corrected chi connectivity index (χ1v) is 13.1. The smallest absolute Gasteiger partial charge is 0.259 e. The van der Waals surface area contributed by atoms with E-state index in [1.165, 1.54) is 12.8 Å². The number of amides is 2. The van der Waals surface area contributed by atoms with Crippen LogP contribution < -0.4 is 4.74 Å². The number of carbonyl (C=O) groups is 2. The molecule has 8 heteroatoms. The largest absolute Gasteiger partial charge is 0.472 e. The van der Waals surface area contributed by atoms with Crippen molar-refractivity contribution < 1.29 is 19.4 Å². The maximum Gasteiger partial charge on any atom is 0.259 e. The molecule has 1 N–H and O–H groups in total. The lowest BCUT2D eigenvalue weighted by atomic mass is 9.99. The number of rotatable bonds is 6. The molecule has 2 aliphatic rings. The van der Waals surface area contributed by atoms with E-state index in [0.29, 0.717) is 35.8 Å². The Hall–Kier alpha value is -3.44. The van der Waals surface area contributed by atoms with Gasteiger partial charge in [-0.3, -0.25) is 14.6 Å².